The van der Waals surface area contributed by atoms with Crippen molar-refractivity contribution >= 4 is 17.7 Å². The molecular formula is C12H21N3OS. The summed E-state index contributed by atoms with van der Waals surface area (Å²) in [4.78, 5) is 11.7. The summed E-state index contributed by atoms with van der Waals surface area (Å²) < 4.78 is 2.06. The average molecular weight is 255 g/mol. The van der Waals surface area contributed by atoms with Crippen LogP contribution in [0.2, 0.25) is 0 Å². The Morgan fingerprint density at radius 3 is 2.82 bits per heavy atom. The van der Waals surface area contributed by atoms with Gasteiger partial charge in [0.15, 0.2) is 0 Å². The summed E-state index contributed by atoms with van der Waals surface area (Å²) in [5.41, 5.74) is 8.05. The fraction of sp³-hybridized carbons (Fsp3) is 0.583. The number of hydrogen-bond acceptors (Lipinski definition) is 3. The maximum atomic E-state index is 11.7. The molecule has 0 aromatic carbocycles. The minimum Gasteiger partial charge on any atom is -0.350 e. The van der Waals surface area contributed by atoms with Crippen LogP contribution in [0.5, 0.6) is 0 Å². The van der Waals surface area contributed by atoms with E-state index in [1.165, 1.54) is 5.69 Å². The number of nitrogens with zero attached hydrogens (tertiary/aromatic N) is 1. The highest BCUT2D eigenvalue weighted by Gasteiger charge is 2.12. The molecule has 0 aliphatic rings. The molecule has 1 atom stereocenters. The average Bonchev–Trinajstić information content (AvgIpc) is 2.64. The number of carbonyl (C=O) groups is 1. The third-order valence-electron chi connectivity index (χ3n) is 2.89. The van der Waals surface area contributed by atoms with Gasteiger partial charge in [0.1, 0.15) is 0 Å². The van der Waals surface area contributed by atoms with Crippen molar-refractivity contribution in [1.82, 2.24) is 9.88 Å². The van der Waals surface area contributed by atoms with E-state index in [4.69, 9.17) is 5.73 Å². The van der Waals surface area contributed by atoms with Crippen molar-refractivity contribution in [3.05, 3.63) is 23.5 Å². The van der Waals surface area contributed by atoms with Gasteiger partial charge in [0.05, 0.1) is 12.6 Å². The highest BCUT2D eigenvalue weighted by atomic mass is 32.2. The predicted molar refractivity (Wildman–Crippen MR) is 73.0 cm³/mol. The summed E-state index contributed by atoms with van der Waals surface area (Å²) in [6.07, 6.45) is 2.73. The molecule has 96 valence electrons. The van der Waals surface area contributed by atoms with Gasteiger partial charge in [-0.05, 0) is 37.5 Å². The number of amides is 1. The van der Waals surface area contributed by atoms with Crippen molar-refractivity contribution in [2.45, 2.75) is 25.9 Å². The molecule has 0 spiro atoms. The molecule has 0 saturated carbocycles. The van der Waals surface area contributed by atoms with Crippen LogP contribution in [0, 0.1) is 6.92 Å². The topological polar surface area (TPSA) is 60.1 Å². The number of rotatable bonds is 6. The van der Waals surface area contributed by atoms with Crippen LogP contribution >= 0.6 is 11.8 Å². The zero-order valence-electron chi connectivity index (χ0n) is 10.7. The van der Waals surface area contributed by atoms with Gasteiger partial charge >= 0.3 is 0 Å². The summed E-state index contributed by atoms with van der Waals surface area (Å²) in [6.45, 7) is 2.58. The van der Waals surface area contributed by atoms with Gasteiger partial charge in [-0.15, -0.1) is 0 Å². The standard InChI is InChI=1S/C12H21N3OS/c1-9-4-5-10(15(9)2)8-14-12(16)11(13)6-7-17-3/h4-5,11H,6-8,13H2,1-3H3,(H,14,16)/t11-/m0/s1. The molecule has 0 aliphatic carbocycles. The molecule has 4 nitrogen and oxygen atoms in total. The van der Waals surface area contributed by atoms with Crippen LogP contribution in [0.4, 0.5) is 0 Å². The first-order valence-electron chi connectivity index (χ1n) is 5.69. The quantitative estimate of drug-likeness (QED) is 0.798. The van der Waals surface area contributed by atoms with Gasteiger partial charge in [0.25, 0.3) is 0 Å². The Morgan fingerprint density at radius 2 is 2.29 bits per heavy atom. The van der Waals surface area contributed by atoms with Gasteiger partial charge in [-0.2, -0.15) is 11.8 Å². The molecule has 17 heavy (non-hydrogen) atoms. The number of hydrogen-bond donors (Lipinski definition) is 2. The molecule has 0 fully saturated rings. The molecule has 0 unspecified atom stereocenters. The lowest BCUT2D eigenvalue weighted by Gasteiger charge is -2.12. The van der Waals surface area contributed by atoms with Crippen LogP contribution in [-0.4, -0.2) is 28.5 Å². The fourth-order valence-electron chi connectivity index (χ4n) is 1.53. The Morgan fingerprint density at radius 1 is 1.59 bits per heavy atom. The molecule has 1 aromatic heterocycles. The molecule has 5 heteroatoms. The lowest BCUT2D eigenvalue weighted by molar-refractivity contribution is -0.122. The van der Waals surface area contributed by atoms with E-state index in [1.54, 1.807) is 11.8 Å². The van der Waals surface area contributed by atoms with Crippen LogP contribution in [0.15, 0.2) is 12.1 Å². The molecule has 0 radical (unpaired) electrons. The largest absolute Gasteiger partial charge is 0.350 e. The van der Waals surface area contributed by atoms with Gasteiger partial charge in [-0.1, -0.05) is 0 Å². The number of nitrogens with one attached hydrogen (secondary N) is 1. The molecule has 1 heterocycles. The Kier molecular flexibility index (Phi) is 5.58. The van der Waals surface area contributed by atoms with Gasteiger partial charge in [-0.25, -0.2) is 0 Å². The molecular weight excluding hydrogens is 234 g/mol. The van der Waals surface area contributed by atoms with Crippen molar-refractivity contribution in [1.29, 1.82) is 0 Å². The van der Waals surface area contributed by atoms with E-state index in [1.807, 2.05) is 32.4 Å². The first-order chi connectivity index (χ1) is 8.06. The van der Waals surface area contributed by atoms with E-state index < -0.39 is 6.04 Å². The molecule has 0 saturated heterocycles. The second kappa shape index (κ2) is 6.71. The summed E-state index contributed by atoms with van der Waals surface area (Å²) in [7, 11) is 1.99. The van der Waals surface area contributed by atoms with Crippen LogP contribution < -0.4 is 11.1 Å². The van der Waals surface area contributed by atoms with E-state index in [9.17, 15) is 4.79 Å². The molecule has 3 N–H and O–H groups in total. The molecule has 1 rings (SSSR count). The van der Waals surface area contributed by atoms with Gasteiger partial charge < -0.3 is 15.6 Å². The summed E-state index contributed by atoms with van der Waals surface area (Å²) >= 11 is 1.70. The van der Waals surface area contributed by atoms with E-state index in [2.05, 4.69) is 9.88 Å². The van der Waals surface area contributed by atoms with Crippen molar-refractivity contribution in [2.24, 2.45) is 12.8 Å². The second-order valence-corrected chi connectivity index (χ2v) is 5.12. The molecule has 1 amide bonds. The molecule has 0 aliphatic heterocycles. The van der Waals surface area contributed by atoms with Crippen LogP contribution in [-0.2, 0) is 18.4 Å². The SMILES string of the molecule is CSCC[C@H](N)C(=O)NCc1ccc(C)n1C. The van der Waals surface area contributed by atoms with E-state index in [0.717, 1.165) is 17.9 Å². The Labute approximate surface area is 107 Å². The van der Waals surface area contributed by atoms with Crippen molar-refractivity contribution in [3.63, 3.8) is 0 Å². The lowest BCUT2D eigenvalue weighted by Crippen LogP contribution is -2.40. The maximum Gasteiger partial charge on any atom is 0.237 e. The Hall–Kier alpha value is -0.940. The Bertz CT molecular complexity index is 376. The van der Waals surface area contributed by atoms with Crippen LogP contribution in [0.1, 0.15) is 17.8 Å². The fourth-order valence-corrected chi connectivity index (χ4v) is 2.02. The smallest absolute Gasteiger partial charge is 0.237 e. The molecule has 0 bridgehead atoms. The second-order valence-electron chi connectivity index (χ2n) is 4.13. The Balaban J connectivity index is 2.40. The highest BCUT2D eigenvalue weighted by molar-refractivity contribution is 7.98. The summed E-state index contributed by atoms with van der Waals surface area (Å²) in [5, 5.41) is 2.87. The normalized spacial score (nSPS) is 12.5. The maximum absolute atomic E-state index is 11.7. The number of aryl methyl sites for hydroxylation is 1. The van der Waals surface area contributed by atoms with Crippen LogP contribution in [0.3, 0.4) is 0 Å². The van der Waals surface area contributed by atoms with Gasteiger partial charge in [0.2, 0.25) is 5.91 Å². The first kappa shape index (κ1) is 14.1. The lowest BCUT2D eigenvalue weighted by atomic mass is 10.2. The number of thioether (sulfide) groups is 1. The van der Waals surface area contributed by atoms with Crippen molar-refractivity contribution in [2.75, 3.05) is 12.0 Å². The van der Waals surface area contributed by atoms with Crippen LogP contribution in [0.25, 0.3) is 0 Å². The zero-order valence-corrected chi connectivity index (χ0v) is 11.5. The summed E-state index contributed by atoms with van der Waals surface area (Å²) in [5.74, 6) is 0.843. The zero-order chi connectivity index (χ0) is 12.8. The number of carbonyl (C=O) groups excluding carboxylic acids is 1. The number of aromatic nitrogens is 1. The number of nitrogens with two attached hydrogens (primary N) is 1. The van der Waals surface area contributed by atoms with E-state index >= 15 is 0 Å². The van der Waals surface area contributed by atoms with Gasteiger partial charge in [0, 0.05) is 18.4 Å². The first-order valence-corrected chi connectivity index (χ1v) is 7.09. The van der Waals surface area contributed by atoms with Gasteiger partial charge in [-0.3, -0.25) is 4.79 Å². The minimum absolute atomic E-state index is 0.0714. The van der Waals surface area contributed by atoms with Crippen molar-refractivity contribution < 1.29 is 4.79 Å². The predicted octanol–water partition coefficient (Wildman–Crippen LogP) is 1.03. The monoisotopic (exact) mass is 255 g/mol. The molecule has 1 aromatic rings. The highest BCUT2D eigenvalue weighted by Crippen LogP contribution is 2.05. The third-order valence-corrected chi connectivity index (χ3v) is 3.53. The minimum atomic E-state index is -0.399. The van der Waals surface area contributed by atoms with E-state index in [-0.39, 0.29) is 5.91 Å². The summed E-state index contributed by atoms with van der Waals surface area (Å²) in [6, 6.07) is 3.65. The third kappa shape index (κ3) is 4.09. The van der Waals surface area contributed by atoms with E-state index in [0.29, 0.717) is 6.54 Å². The van der Waals surface area contributed by atoms with Crippen molar-refractivity contribution in [3.8, 4) is 0 Å².